The molecule has 0 fully saturated rings. The highest BCUT2D eigenvalue weighted by Gasteiger charge is 2.14. The SMILES string of the molecule is Cc1ccc2nc(CCCl)n(-c3cc(Cl)cc(Cl)c3)c2n1. The van der Waals surface area contributed by atoms with Gasteiger partial charge in [-0.15, -0.1) is 11.6 Å². The lowest BCUT2D eigenvalue weighted by molar-refractivity contribution is 0.904. The van der Waals surface area contributed by atoms with Crippen LogP contribution in [0, 0.1) is 6.92 Å². The summed E-state index contributed by atoms with van der Waals surface area (Å²) in [6.45, 7) is 1.95. The van der Waals surface area contributed by atoms with Crippen LogP contribution < -0.4 is 0 Å². The average Bonchev–Trinajstić information content (AvgIpc) is 2.75. The van der Waals surface area contributed by atoms with E-state index in [1.807, 2.05) is 35.8 Å². The molecule has 21 heavy (non-hydrogen) atoms. The van der Waals surface area contributed by atoms with Crippen molar-refractivity contribution in [3.05, 3.63) is 51.9 Å². The average molecular weight is 341 g/mol. The van der Waals surface area contributed by atoms with Crippen LogP contribution in [-0.2, 0) is 6.42 Å². The summed E-state index contributed by atoms with van der Waals surface area (Å²) in [5.41, 5.74) is 3.38. The molecule has 2 aromatic heterocycles. The van der Waals surface area contributed by atoms with E-state index in [9.17, 15) is 0 Å². The highest BCUT2D eigenvalue weighted by atomic mass is 35.5. The summed E-state index contributed by atoms with van der Waals surface area (Å²) < 4.78 is 1.96. The van der Waals surface area contributed by atoms with Gasteiger partial charge in [0.15, 0.2) is 5.65 Å². The predicted molar refractivity (Wildman–Crippen MR) is 88.0 cm³/mol. The maximum absolute atomic E-state index is 6.11. The number of hydrogen-bond donors (Lipinski definition) is 0. The van der Waals surface area contributed by atoms with E-state index < -0.39 is 0 Å². The molecular formula is C15H12Cl3N3. The number of alkyl halides is 1. The summed E-state index contributed by atoms with van der Waals surface area (Å²) in [5, 5.41) is 1.15. The Hall–Kier alpha value is -1.29. The molecule has 0 aliphatic carbocycles. The lowest BCUT2D eigenvalue weighted by Crippen LogP contribution is -2.03. The van der Waals surface area contributed by atoms with Gasteiger partial charge < -0.3 is 0 Å². The lowest BCUT2D eigenvalue weighted by atomic mass is 10.3. The molecule has 6 heteroatoms. The van der Waals surface area contributed by atoms with E-state index in [2.05, 4.69) is 9.97 Å². The molecule has 0 spiro atoms. The van der Waals surface area contributed by atoms with Gasteiger partial charge in [0, 0.05) is 28.0 Å². The standard InChI is InChI=1S/C15H12Cl3N3/c1-9-2-3-13-15(19-9)21(14(20-13)4-5-16)12-7-10(17)6-11(18)8-12/h2-3,6-8H,4-5H2,1H3. The number of nitrogens with zero attached hydrogens (tertiary/aromatic N) is 3. The highest BCUT2D eigenvalue weighted by molar-refractivity contribution is 6.34. The molecule has 0 aliphatic rings. The minimum atomic E-state index is 0.483. The van der Waals surface area contributed by atoms with E-state index in [0.717, 1.165) is 28.4 Å². The second-order valence-corrected chi connectivity index (χ2v) is 5.98. The second-order valence-electron chi connectivity index (χ2n) is 4.73. The van der Waals surface area contributed by atoms with Crippen molar-refractivity contribution in [2.45, 2.75) is 13.3 Å². The van der Waals surface area contributed by atoms with Crippen LogP contribution in [0.1, 0.15) is 11.5 Å². The first kappa shape index (κ1) is 14.6. The number of hydrogen-bond acceptors (Lipinski definition) is 2. The van der Waals surface area contributed by atoms with E-state index in [-0.39, 0.29) is 0 Å². The molecule has 108 valence electrons. The number of aromatic nitrogens is 3. The Morgan fingerprint density at radius 3 is 2.43 bits per heavy atom. The Morgan fingerprint density at radius 2 is 1.76 bits per heavy atom. The largest absolute Gasteiger partial charge is 0.281 e. The zero-order chi connectivity index (χ0) is 15.0. The molecule has 3 nitrogen and oxygen atoms in total. The van der Waals surface area contributed by atoms with E-state index in [4.69, 9.17) is 34.8 Å². The molecule has 0 bridgehead atoms. The van der Waals surface area contributed by atoms with Crippen molar-refractivity contribution in [3.8, 4) is 5.69 Å². The number of rotatable bonds is 3. The molecule has 3 aromatic rings. The summed E-state index contributed by atoms with van der Waals surface area (Å²) >= 11 is 18.1. The maximum Gasteiger partial charge on any atom is 0.164 e. The summed E-state index contributed by atoms with van der Waals surface area (Å²) in [6.07, 6.45) is 0.640. The molecule has 0 amide bonds. The molecule has 0 atom stereocenters. The van der Waals surface area contributed by atoms with Crippen molar-refractivity contribution in [3.63, 3.8) is 0 Å². The maximum atomic E-state index is 6.11. The summed E-state index contributed by atoms with van der Waals surface area (Å²) in [7, 11) is 0. The molecule has 0 N–H and O–H groups in total. The van der Waals surface area contributed by atoms with Crippen LogP contribution in [0.2, 0.25) is 10.0 Å². The Labute approximate surface area is 137 Å². The monoisotopic (exact) mass is 339 g/mol. The van der Waals surface area contributed by atoms with Crippen LogP contribution in [0.4, 0.5) is 0 Å². The molecule has 0 saturated heterocycles. The number of fused-ring (bicyclic) bond motifs is 1. The number of imidazole rings is 1. The summed E-state index contributed by atoms with van der Waals surface area (Å²) in [4.78, 5) is 9.19. The number of pyridine rings is 1. The Morgan fingerprint density at radius 1 is 1.05 bits per heavy atom. The molecule has 0 aliphatic heterocycles. The molecule has 1 aromatic carbocycles. The number of halogens is 3. The Balaban J connectivity index is 2.32. The van der Waals surface area contributed by atoms with Gasteiger partial charge in [0.1, 0.15) is 11.3 Å². The van der Waals surface area contributed by atoms with E-state index >= 15 is 0 Å². The van der Waals surface area contributed by atoms with Gasteiger partial charge in [0.05, 0.1) is 5.69 Å². The Bertz CT molecular complexity index is 791. The van der Waals surface area contributed by atoms with Gasteiger partial charge in [0.25, 0.3) is 0 Å². The van der Waals surface area contributed by atoms with Gasteiger partial charge in [-0.2, -0.15) is 0 Å². The van der Waals surface area contributed by atoms with E-state index in [0.29, 0.717) is 22.3 Å². The zero-order valence-corrected chi connectivity index (χ0v) is 13.5. The van der Waals surface area contributed by atoms with Crippen LogP contribution in [0.5, 0.6) is 0 Å². The number of aryl methyl sites for hydroxylation is 2. The zero-order valence-electron chi connectivity index (χ0n) is 11.3. The fraction of sp³-hybridized carbons (Fsp3) is 0.200. The highest BCUT2D eigenvalue weighted by Crippen LogP contribution is 2.26. The van der Waals surface area contributed by atoms with Gasteiger partial charge in [-0.05, 0) is 37.3 Å². The van der Waals surface area contributed by atoms with Gasteiger partial charge in [-0.25, -0.2) is 9.97 Å². The fourth-order valence-corrected chi connectivity index (χ4v) is 2.97. The quantitative estimate of drug-likeness (QED) is 0.640. The first-order valence-corrected chi connectivity index (χ1v) is 7.75. The smallest absolute Gasteiger partial charge is 0.164 e. The van der Waals surface area contributed by atoms with Crippen molar-refractivity contribution in [2.75, 3.05) is 5.88 Å². The van der Waals surface area contributed by atoms with Crippen molar-refractivity contribution in [1.82, 2.24) is 14.5 Å². The van der Waals surface area contributed by atoms with Gasteiger partial charge in [0.2, 0.25) is 0 Å². The van der Waals surface area contributed by atoms with Gasteiger partial charge >= 0.3 is 0 Å². The van der Waals surface area contributed by atoms with Crippen LogP contribution in [0.3, 0.4) is 0 Å². The van der Waals surface area contributed by atoms with Crippen LogP contribution in [0.15, 0.2) is 30.3 Å². The lowest BCUT2D eigenvalue weighted by Gasteiger charge is -2.09. The Kier molecular flexibility index (Phi) is 4.07. The third kappa shape index (κ3) is 2.86. The predicted octanol–water partition coefficient (Wildman–Crippen LogP) is 4.82. The van der Waals surface area contributed by atoms with Crippen molar-refractivity contribution in [1.29, 1.82) is 0 Å². The first-order chi connectivity index (χ1) is 10.1. The fourth-order valence-electron chi connectivity index (χ4n) is 2.29. The van der Waals surface area contributed by atoms with Gasteiger partial charge in [-0.1, -0.05) is 23.2 Å². The second kappa shape index (κ2) is 5.84. The topological polar surface area (TPSA) is 30.7 Å². The van der Waals surface area contributed by atoms with Crippen molar-refractivity contribution >= 4 is 46.0 Å². The van der Waals surface area contributed by atoms with E-state index in [1.54, 1.807) is 6.07 Å². The number of benzene rings is 1. The minimum absolute atomic E-state index is 0.483. The van der Waals surface area contributed by atoms with Crippen molar-refractivity contribution in [2.24, 2.45) is 0 Å². The van der Waals surface area contributed by atoms with Crippen LogP contribution in [-0.4, -0.2) is 20.4 Å². The van der Waals surface area contributed by atoms with Gasteiger partial charge in [-0.3, -0.25) is 4.57 Å². The molecule has 0 saturated carbocycles. The van der Waals surface area contributed by atoms with E-state index in [1.165, 1.54) is 0 Å². The normalized spacial score (nSPS) is 11.2. The summed E-state index contributed by atoms with van der Waals surface area (Å²) in [5.74, 6) is 1.33. The summed E-state index contributed by atoms with van der Waals surface area (Å²) in [6, 6.07) is 9.28. The molecule has 2 heterocycles. The molecule has 3 rings (SSSR count). The third-order valence-corrected chi connectivity index (χ3v) is 3.76. The molecule has 0 radical (unpaired) electrons. The van der Waals surface area contributed by atoms with Crippen LogP contribution >= 0.6 is 34.8 Å². The molecular weight excluding hydrogens is 329 g/mol. The molecule has 0 unspecified atom stereocenters. The third-order valence-electron chi connectivity index (χ3n) is 3.14. The first-order valence-electron chi connectivity index (χ1n) is 6.46. The minimum Gasteiger partial charge on any atom is -0.281 e. The van der Waals surface area contributed by atoms with Crippen LogP contribution in [0.25, 0.3) is 16.9 Å². The van der Waals surface area contributed by atoms with Crippen molar-refractivity contribution < 1.29 is 0 Å².